The van der Waals surface area contributed by atoms with Gasteiger partial charge in [-0.3, -0.25) is 14.5 Å². The van der Waals surface area contributed by atoms with Gasteiger partial charge < -0.3 is 15.3 Å². The molecule has 0 unspecified atom stereocenters. The highest BCUT2D eigenvalue weighted by atomic mass is 16.3. The van der Waals surface area contributed by atoms with Crippen LogP contribution in [0.4, 0.5) is 5.69 Å². The molecule has 2 aliphatic rings. The van der Waals surface area contributed by atoms with Crippen molar-refractivity contribution in [3.05, 3.63) is 76.9 Å². The van der Waals surface area contributed by atoms with Crippen LogP contribution < -0.4 is 4.90 Å². The van der Waals surface area contributed by atoms with E-state index in [9.17, 15) is 24.9 Å². The number of hydrogen-bond acceptors (Lipinski definition) is 5. The molecule has 0 aromatic heterocycles. The van der Waals surface area contributed by atoms with Crippen LogP contribution in [0, 0.1) is 17.8 Å². The van der Waals surface area contributed by atoms with Crippen molar-refractivity contribution in [2.24, 2.45) is 17.8 Å². The number of para-hydroxylation sites is 1. The number of rotatable bonds is 11. The molecule has 1 saturated heterocycles. The zero-order valence-electron chi connectivity index (χ0n) is 22.3. The number of amides is 2. The number of aromatic hydroxyl groups is 1. The molecule has 2 aromatic rings. The highest BCUT2D eigenvalue weighted by Crippen LogP contribution is 2.48. The number of fused-ring (bicyclic) bond motifs is 1. The van der Waals surface area contributed by atoms with Crippen LogP contribution in [0.15, 0.2) is 71.3 Å². The van der Waals surface area contributed by atoms with Crippen LogP contribution in [-0.4, -0.2) is 39.8 Å². The van der Waals surface area contributed by atoms with Crippen LogP contribution in [0.3, 0.4) is 0 Å². The van der Waals surface area contributed by atoms with Crippen LogP contribution in [0.1, 0.15) is 64.4 Å². The number of aliphatic hydroxyl groups is 2. The summed E-state index contributed by atoms with van der Waals surface area (Å²) in [5.74, 6) is -2.03. The normalized spacial score (nSPS) is 22.7. The SMILES string of the molecule is CCCC1=C([C@H](O)CC/C(=C/c2ccc(O)cc2)CCC)[C@H](CO)[C@@H]2C(=O)N(c3ccccc3)C(=O)[C@@H]2C1. The van der Waals surface area contributed by atoms with Crippen LogP contribution in [0.25, 0.3) is 6.08 Å². The van der Waals surface area contributed by atoms with E-state index in [0.717, 1.165) is 42.4 Å². The Hall–Kier alpha value is -3.22. The molecule has 2 amide bonds. The smallest absolute Gasteiger partial charge is 0.238 e. The minimum absolute atomic E-state index is 0.214. The van der Waals surface area contributed by atoms with Crippen molar-refractivity contribution in [3.63, 3.8) is 0 Å². The third kappa shape index (κ3) is 5.77. The minimum atomic E-state index is -0.802. The van der Waals surface area contributed by atoms with Crippen LogP contribution in [0.2, 0.25) is 0 Å². The Morgan fingerprint density at radius 3 is 2.34 bits per heavy atom. The standard InChI is InChI=1S/C32H39NO5/c1-3-8-21(18-22-12-15-25(35)16-13-22)14-17-28(36)29-23(9-4-2)19-26-30(27(29)20-34)32(38)33(31(26)37)24-10-6-5-7-11-24/h5-7,10-13,15-16,18,26-28,30,34-36H,3-4,8-9,14,17,19-20H2,1-2H3/b21-18+/t26-,27+,28-,30-/m1/s1. The molecule has 1 aliphatic heterocycles. The lowest BCUT2D eigenvalue weighted by molar-refractivity contribution is -0.123. The Morgan fingerprint density at radius 1 is 1.00 bits per heavy atom. The van der Waals surface area contributed by atoms with Gasteiger partial charge in [-0.15, -0.1) is 0 Å². The van der Waals surface area contributed by atoms with Crippen molar-refractivity contribution in [1.82, 2.24) is 0 Å². The van der Waals surface area contributed by atoms with Gasteiger partial charge in [0.15, 0.2) is 0 Å². The van der Waals surface area contributed by atoms with E-state index in [-0.39, 0.29) is 24.2 Å². The summed E-state index contributed by atoms with van der Waals surface area (Å²) in [5, 5.41) is 31.6. The average molecular weight is 518 g/mol. The molecule has 0 bridgehead atoms. The molecule has 6 nitrogen and oxygen atoms in total. The summed E-state index contributed by atoms with van der Waals surface area (Å²) in [6, 6.07) is 16.0. The summed E-state index contributed by atoms with van der Waals surface area (Å²) in [7, 11) is 0. The molecule has 0 saturated carbocycles. The van der Waals surface area contributed by atoms with Gasteiger partial charge in [0.2, 0.25) is 11.8 Å². The number of aliphatic hydroxyl groups excluding tert-OH is 2. The Balaban J connectivity index is 1.59. The lowest BCUT2D eigenvalue weighted by atomic mass is 9.67. The zero-order valence-corrected chi connectivity index (χ0v) is 22.3. The van der Waals surface area contributed by atoms with Gasteiger partial charge in [0.1, 0.15) is 5.75 Å². The summed E-state index contributed by atoms with van der Waals surface area (Å²) in [5.41, 5.74) is 4.52. The molecule has 202 valence electrons. The zero-order chi connectivity index (χ0) is 27.2. The topological polar surface area (TPSA) is 98.1 Å². The lowest BCUT2D eigenvalue weighted by Crippen LogP contribution is -2.39. The summed E-state index contributed by atoms with van der Waals surface area (Å²) < 4.78 is 0. The number of nitrogens with zero attached hydrogens (tertiary/aromatic N) is 1. The number of anilines is 1. The molecule has 6 heteroatoms. The van der Waals surface area contributed by atoms with E-state index in [1.165, 1.54) is 10.5 Å². The van der Waals surface area contributed by atoms with Crippen molar-refractivity contribution >= 4 is 23.6 Å². The summed E-state index contributed by atoms with van der Waals surface area (Å²) in [6.07, 6.45) is 6.34. The minimum Gasteiger partial charge on any atom is -0.508 e. The molecule has 38 heavy (non-hydrogen) atoms. The molecule has 2 aromatic carbocycles. The van der Waals surface area contributed by atoms with Crippen molar-refractivity contribution in [2.45, 2.75) is 64.9 Å². The fraction of sp³-hybridized carbons (Fsp3) is 0.438. The molecule has 1 heterocycles. The maximum Gasteiger partial charge on any atom is 0.238 e. The van der Waals surface area contributed by atoms with Gasteiger partial charge >= 0.3 is 0 Å². The summed E-state index contributed by atoms with van der Waals surface area (Å²) in [4.78, 5) is 28.3. The molecular formula is C32H39NO5. The molecule has 1 aliphatic carbocycles. The summed E-state index contributed by atoms with van der Waals surface area (Å²) in [6.45, 7) is 3.90. The number of benzene rings is 2. The van der Waals surface area contributed by atoms with Crippen LogP contribution in [-0.2, 0) is 9.59 Å². The second kappa shape index (κ2) is 12.5. The number of hydrogen-bond donors (Lipinski definition) is 3. The van der Waals surface area contributed by atoms with Crippen molar-refractivity contribution in [3.8, 4) is 5.75 Å². The first-order chi connectivity index (χ1) is 18.4. The number of carbonyl (C=O) groups is 2. The summed E-state index contributed by atoms with van der Waals surface area (Å²) >= 11 is 0. The number of carbonyl (C=O) groups excluding carboxylic acids is 2. The first-order valence-corrected chi connectivity index (χ1v) is 13.8. The Kier molecular flexibility index (Phi) is 9.18. The highest BCUT2D eigenvalue weighted by Gasteiger charge is 2.55. The quantitative estimate of drug-likeness (QED) is 0.265. The number of imide groups is 1. The molecule has 4 atom stereocenters. The molecule has 0 spiro atoms. The Labute approximate surface area is 225 Å². The van der Waals surface area contributed by atoms with Gasteiger partial charge in [-0.05, 0) is 67.5 Å². The van der Waals surface area contributed by atoms with Gasteiger partial charge in [-0.1, -0.05) is 74.2 Å². The van der Waals surface area contributed by atoms with E-state index in [4.69, 9.17) is 0 Å². The fourth-order valence-corrected chi connectivity index (χ4v) is 6.20. The van der Waals surface area contributed by atoms with Gasteiger partial charge in [-0.2, -0.15) is 0 Å². The lowest BCUT2D eigenvalue weighted by Gasteiger charge is -2.36. The van der Waals surface area contributed by atoms with E-state index in [1.54, 1.807) is 36.4 Å². The first kappa shape index (κ1) is 27.8. The van der Waals surface area contributed by atoms with Crippen LogP contribution in [0.5, 0.6) is 5.75 Å². The molecule has 0 radical (unpaired) electrons. The van der Waals surface area contributed by atoms with Crippen molar-refractivity contribution in [2.75, 3.05) is 11.5 Å². The predicted octanol–water partition coefficient (Wildman–Crippen LogP) is 5.63. The second-order valence-corrected chi connectivity index (χ2v) is 10.5. The van der Waals surface area contributed by atoms with Crippen LogP contribution >= 0.6 is 0 Å². The van der Waals surface area contributed by atoms with Gasteiger partial charge in [0.05, 0.1) is 30.2 Å². The van der Waals surface area contributed by atoms with Gasteiger partial charge in [0.25, 0.3) is 0 Å². The monoisotopic (exact) mass is 517 g/mol. The number of phenolic OH excluding ortho intramolecular Hbond substituents is 1. The maximum absolute atomic E-state index is 13.6. The maximum atomic E-state index is 13.6. The third-order valence-electron chi connectivity index (χ3n) is 7.88. The second-order valence-electron chi connectivity index (χ2n) is 10.5. The largest absolute Gasteiger partial charge is 0.508 e. The van der Waals surface area contributed by atoms with Gasteiger partial charge in [0, 0.05) is 5.92 Å². The van der Waals surface area contributed by atoms with E-state index in [1.807, 2.05) is 18.2 Å². The average Bonchev–Trinajstić information content (AvgIpc) is 3.17. The first-order valence-electron chi connectivity index (χ1n) is 13.8. The highest BCUT2D eigenvalue weighted by molar-refractivity contribution is 6.22. The number of phenols is 1. The van der Waals surface area contributed by atoms with Crippen molar-refractivity contribution < 1.29 is 24.9 Å². The Morgan fingerprint density at radius 2 is 1.71 bits per heavy atom. The number of allylic oxidation sites excluding steroid dienone is 2. The molecule has 4 rings (SSSR count). The van der Waals surface area contributed by atoms with E-state index >= 15 is 0 Å². The third-order valence-corrected chi connectivity index (χ3v) is 7.88. The fourth-order valence-electron chi connectivity index (χ4n) is 6.20. The molecule has 1 fully saturated rings. The van der Waals surface area contributed by atoms with E-state index in [2.05, 4.69) is 19.9 Å². The van der Waals surface area contributed by atoms with E-state index in [0.29, 0.717) is 24.9 Å². The van der Waals surface area contributed by atoms with Gasteiger partial charge in [-0.25, -0.2) is 0 Å². The van der Waals surface area contributed by atoms with E-state index < -0.39 is 23.9 Å². The van der Waals surface area contributed by atoms with Crippen molar-refractivity contribution in [1.29, 1.82) is 0 Å². The Bertz CT molecular complexity index is 1180. The molecule has 3 N–H and O–H groups in total. The molecular weight excluding hydrogens is 478 g/mol. The predicted molar refractivity (Wildman–Crippen MR) is 149 cm³/mol.